The van der Waals surface area contributed by atoms with Gasteiger partial charge in [0.15, 0.2) is 0 Å². The molecule has 104 valence electrons. The van der Waals surface area contributed by atoms with Crippen LogP contribution < -0.4 is 5.59 Å². The summed E-state index contributed by atoms with van der Waals surface area (Å²) in [4.78, 5) is 8.11. The summed E-state index contributed by atoms with van der Waals surface area (Å²) >= 11 is 0. The minimum Gasteiger partial charge on any atom is -0.398 e. The van der Waals surface area contributed by atoms with Crippen molar-refractivity contribution in [2.24, 2.45) is 0 Å². The number of aromatic nitrogens is 3. The second-order valence-corrected chi connectivity index (χ2v) is 5.78. The molecule has 0 saturated carbocycles. The molecule has 0 aliphatic carbocycles. The molecule has 0 spiro atoms. The van der Waals surface area contributed by atoms with Gasteiger partial charge in [-0.1, -0.05) is 6.07 Å². The summed E-state index contributed by atoms with van der Waals surface area (Å²) in [7, 11) is -0.623. The highest BCUT2D eigenvalue weighted by molar-refractivity contribution is 6.61. The Labute approximate surface area is 123 Å². The van der Waals surface area contributed by atoms with Crippen LogP contribution in [0.2, 0.25) is 0 Å². The van der Waals surface area contributed by atoms with Crippen molar-refractivity contribution < 1.29 is 13.4 Å². The second-order valence-electron chi connectivity index (χ2n) is 5.78. The van der Waals surface area contributed by atoms with Gasteiger partial charge in [-0.15, -0.1) is 0 Å². The average molecular weight is 274 g/mol. The Morgan fingerprint density at radius 2 is 1.90 bits per heavy atom. The third-order valence-electron chi connectivity index (χ3n) is 3.85. The van der Waals surface area contributed by atoms with Crippen molar-refractivity contribution >= 4 is 12.7 Å². The van der Waals surface area contributed by atoms with Gasteiger partial charge < -0.3 is 9.31 Å². The van der Waals surface area contributed by atoms with Crippen molar-refractivity contribution in [3.63, 3.8) is 0 Å². The quantitative estimate of drug-likeness (QED) is 0.780. The molecule has 1 aliphatic heterocycles. The van der Waals surface area contributed by atoms with Crippen LogP contribution in [0.4, 0.5) is 0 Å². The predicted octanol–water partition coefficient (Wildman–Crippen LogP) is 1.57. The minimum atomic E-state index is -0.623. The summed E-state index contributed by atoms with van der Waals surface area (Å²) in [6, 6.07) is 5.19. The number of pyridine rings is 1. The first-order valence-corrected chi connectivity index (χ1v) is 6.48. The van der Waals surface area contributed by atoms with Gasteiger partial charge in [-0.05, 0) is 39.8 Å². The van der Waals surface area contributed by atoms with Crippen molar-refractivity contribution in [1.82, 2.24) is 14.5 Å². The average Bonchev–Trinajstić information content (AvgIpc) is 2.83. The first-order chi connectivity index (χ1) is 10.6. The number of hydrogen-bond donors (Lipinski definition) is 0. The van der Waals surface area contributed by atoms with Crippen molar-refractivity contribution in [3.8, 4) is 5.82 Å². The van der Waals surface area contributed by atoms with Crippen LogP contribution in [0, 0.1) is 0 Å². The molecule has 3 rings (SSSR count). The summed E-state index contributed by atoms with van der Waals surface area (Å²) in [5, 5.41) is 0. The fraction of sp³-hybridized carbons (Fsp3) is 0.429. The van der Waals surface area contributed by atoms with Crippen LogP contribution in [0.25, 0.3) is 5.82 Å². The smallest absolute Gasteiger partial charge is 0.398 e. The van der Waals surface area contributed by atoms with E-state index in [0.717, 1.165) is 0 Å². The van der Waals surface area contributed by atoms with E-state index in [1.54, 1.807) is 18.2 Å². The van der Waals surface area contributed by atoms with Gasteiger partial charge in [0.2, 0.25) is 0 Å². The standard InChI is InChI=1S/C14H18BN3O2/c1-13(2)14(3,4)20-15(19-13)11-6-5-7-12(17-11)18-9-8-16-10-18/h5-10H,1-4H3/i8D,9D,10D. The van der Waals surface area contributed by atoms with Gasteiger partial charge >= 0.3 is 7.12 Å². The van der Waals surface area contributed by atoms with Gasteiger partial charge in [0.25, 0.3) is 0 Å². The number of hydrogen-bond acceptors (Lipinski definition) is 4. The van der Waals surface area contributed by atoms with Crippen molar-refractivity contribution in [3.05, 3.63) is 36.8 Å². The molecule has 0 atom stereocenters. The topological polar surface area (TPSA) is 49.2 Å². The van der Waals surface area contributed by atoms with Crippen LogP contribution in [0.5, 0.6) is 0 Å². The first kappa shape index (κ1) is 10.1. The van der Waals surface area contributed by atoms with E-state index in [1.165, 1.54) is 4.57 Å². The Balaban J connectivity index is 1.99. The van der Waals surface area contributed by atoms with Gasteiger partial charge in [0.1, 0.15) is 13.5 Å². The molecule has 1 saturated heterocycles. The Hall–Kier alpha value is -1.66. The van der Waals surface area contributed by atoms with Crippen molar-refractivity contribution in [1.29, 1.82) is 0 Å². The summed E-state index contributed by atoms with van der Waals surface area (Å²) in [5.74, 6) is 0.346. The van der Waals surface area contributed by atoms with E-state index in [9.17, 15) is 0 Å². The second kappa shape index (κ2) is 4.43. The van der Waals surface area contributed by atoms with Crippen LogP contribution in [0.15, 0.2) is 36.8 Å². The molecule has 5 nitrogen and oxygen atoms in total. The number of rotatable bonds is 2. The molecule has 0 bridgehead atoms. The zero-order valence-corrected chi connectivity index (χ0v) is 12.0. The molecule has 1 aliphatic rings. The molecule has 20 heavy (non-hydrogen) atoms. The maximum atomic E-state index is 7.85. The van der Waals surface area contributed by atoms with E-state index in [4.69, 9.17) is 13.4 Å². The third-order valence-corrected chi connectivity index (χ3v) is 3.85. The van der Waals surface area contributed by atoms with Crippen LogP contribution >= 0.6 is 0 Å². The maximum Gasteiger partial charge on any atom is 0.514 e. The number of nitrogens with zero attached hydrogens (tertiary/aromatic N) is 3. The summed E-state index contributed by atoms with van der Waals surface area (Å²) in [6.45, 7) is 7.84. The molecule has 3 heterocycles. The van der Waals surface area contributed by atoms with E-state index < -0.39 is 18.3 Å². The predicted molar refractivity (Wildman–Crippen MR) is 77.1 cm³/mol. The molecule has 2 aromatic heterocycles. The molecule has 0 radical (unpaired) electrons. The van der Waals surface area contributed by atoms with E-state index in [2.05, 4.69) is 9.97 Å². The minimum absolute atomic E-state index is 0.173. The zero-order chi connectivity index (χ0) is 17.0. The summed E-state index contributed by atoms with van der Waals surface area (Å²) < 4.78 is 36.3. The maximum absolute atomic E-state index is 7.85. The Morgan fingerprint density at radius 1 is 1.20 bits per heavy atom. The van der Waals surface area contributed by atoms with Gasteiger partial charge in [-0.25, -0.2) is 9.97 Å². The lowest BCUT2D eigenvalue weighted by molar-refractivity contribution is 0.00578. The van der Waals surface area contributed by atoms with Gasteiger partial charge in [-0.2, -0.15) is 0 Å². The monoisotopic (exact) mass is 274 g/mol. The van der Waals surface area contributed by atoms with Crippen LogP contribution in [0.1, 0.15) is 31.8 Å². The fourth-order valence-corrected chi connectivity index (χ4v) is 1.94. The Bertz CT molecular complexity index is 748. The molecule has 0 unspecified atom stereocenters. The van der Waals surface area contributed by atoms with Crippen molar-refractivity contribution in [2.45, 2.75) is 38.9 Å². The zero-order valence-electron chi connectivity index (χ0n) is 15.0. The lowest BCUT2D eigenvalue weighted by atomic mass is 9.84. The first-order valence-electron chi connectivity index (χ1n) is 7.98. The van der Waals surface area contributed by atoms with E-state index in [0.29, 0.717) is 11.4 Å². The molecule has 6 heteroatoms. The molecular formula is C14H18BN3O2. The van der Waals surface area contributed by atoms with Crippen molar-refractivity contribution in [2.75, 3.05) is 0 Å². The van der Waals surface area contributed by atoms with Crippen LogP contribution in [-0.4, -0.2) is 32.9 Å². The lowest BCUT2D eigenvalue weighted by Crippen LogP contribution is -2.41. The third kappa shape index (κ3) is 2.15. The Morgan fingerprint density at radius 3 is 2.50 bits per heavy atom. The highest BCUT2D eigenvalue weighted by Gasteiger charge is 2.52. The molecule has 2 aromatic rings. The fourth-order valence-electron chi connectivity index (χ4n) is 1.94. The lowest BCUT2D eigenvalue weighted by Gasteiger charge is -2.32. The normalized spacial score (nSPS) is 22.4. The van der Waals surface area contributed by atoms with E-state index in [-0.39, 0.29) is 18.6 Å². The summed E-state index contributed by atoms with van der Waals surface area (Å²) in [5.41, 5.74) is -0.389. The number of imidazole rings is 1. The molecular weight excluding hydrogens is 253 g/mol. The van der Waals surface area contributed by atoms with E-state index >= 15 is 0 Å². The Kier molecular flexibility index (Phi) is 2.24. The largest absolute Gasteiger partial charge is 0.514 e. The molecule has 0 N–H and O–H groups in total. The molecule has 0 aromatic carbocycles. The van der Waals surface area contributed by atoms with Gasteiger partial charge in [-0.3, -0.25) is 4.57 Å². The molecule has 1 fully saturated rings. The van der Waals surface area contributed by atoms with Crippen LogP contribution in [-0.2, 0) is 9.31 Å². The van der Waals surface area contributed by atoms with Gasteiger partial charge in [0, 0.05) is 12.3 Å². The highest BCUT2D eigenvalue weighted by Crippen LogP contribution is 2.36. The summed E-state index contributed by atoms with van der Waals surface area (Å²) in [6.07, 6.45) is -0.620. The van der Waals surface area contributed by atoms with E-state index in [1.807, 2.05) is 27.7 Å². The van der Waals surface area contributed by atoms with Crippen LogP contribution in [0.3, 0.4) is 0 Å². The van der Waals surface area contributed by atoms with Gasteiger partial charge in [0.05, 0.1) is 19.5 Å². The SMILES string of the molecule is [2H]c1nc([2H])n(-c2cccc(B3OC(C)(C)C(C)(C)O3)n2)c1[2H]. The highest BCUT2D eigenvalue weighted by atomic mass is 16.7. The molecule has 0 amide bonds.